The lowest BCUT2D eigenvalue weighted by Gasteiger charge is -2.22. The van der Waals surface area contributed by atoms with Crippen molar-refractivity contribution in [2.45, 2.75) is 32.6 Å². The van der Waals surface area contributed by atoms with Gasteiger partial charge in [0.05, 0.1) is 6.61 Å². The second-order valence-electron chi connectivity index (χ2n) is 4.39. The van der Waals surface area contributed by atoms with Gasteiger partial charge in [-0.1, -0.05) is 32.9 Å². The highest BCUT2D eigenvalue weighted by molar-refractivity contribution is 5.71. The lowest BCUT2D eigenvalue weighted by Crippen LogP contribution is -2.21. The van der Waals surface area contributed by atoms with Gasteiger partial charge < -0.3 is 9.84 Å². The number of aliphatic hydroxyl groups is 1. The lowest BCUT2D eigenvalue weighted by atomic mass is 9.86. The van der Waals surface area contributed by atoms with Crippen LogP contribution in [0.4, 0.5) is 0 Å². The van der Waals surface area contributed by atoms with Gasteiger partial charge in [0, 0.05) is 11.8 Å². The molecule has 0 fully saturated rings. The molecule has 0 aromatic heterocycles. The third-order valence-corrected chi connectivity index (χ3v) is 2.55. The number of benzene rings is 1. The standard InChI is InChI=1S/C13H18O3/c1-4-12(15)16-11-7-5-10(6-8-11)13(2,3)9-14/h5-8,14H,4,9H2,1-3H3. The van der Waals surface area contributed by atoms with Crippen molar-refractivity contribution in [2.75, 3.05) is 6.61 Å². The molecule has 3 heteroatoms. The van der Waals surface area contributed by atoms with E-state index in [4.69, 9.17) is 4.74 Å². The Morgan fingerprint density at radius 1 is 1.31 bits per heavy atom. The lowest BCUT2D eigenvalue weighted by molar-refractivity contribution is -0.134. The summed E-state index contributed by atoms with van der Waals surface area (Å²) in [5.41, 5.74) is 0.749. The van der Waals surface area contributed by atoms with E-state index >= 15 is 0 Å². The first-order valence-electron chi connectivity index (χ1n) is 5.41. The molecule has 0 atom stereocenters. The fourth-order valence-electron chi connectivity index (χ4n) is 1.27. The zero-order valence-electron chi connectivity index (χ0n) is 9.99. The highest BCUT2D eigenvalue weighted by Crippen LogP contribution is 2.24. The van der Waals surface area contributed by atoms with Crippen molar-refractivity contribution in [2.24, 2.45) is 0 Å². The predicted molar refractivity (Wildman–Crippen MR) is 62.5 cm³/mol. The number of rotatable bonds is 4. The average Bonchev–Trinajstić information content (AvgIpc) is 2.29. The van der Waals surface area contributed by atoms with Crippen molar-refractivity contribution in [1.29, 1.82) is 0 Å². The molecule has 88 valence electrons. The average molecular weight is 222 g/mol. The summed E-state index contributed by atoms with van der Waals surface area (Å²) in [6, 6.07) is 7.24. The molecule has 0 bridgehead atoms. The number of hydrogen-bond acceptors (Lipinski definition) is 3. The maximum absolute atomic E-state index is 11.1. The summed E-state index contributed by atoms with van der Waals surface area (Å²) in [6.07, 6.45) is 0.365. The summed E-state index contributed by atoms with van der Waals surface area (Å²) in [4.78, 5) is 11.1. The van der Waals surface area contributed by atoms with Crippen molar-refractivity contribution in [3.05, 3.63) is 29.8 Å². The second kappa shape index (κ2) is 5.12. The van der Waals surface area contributed by atoms with Crippen LogP contribution in [0.15, 0.2) is 24.3 Å². The number of hydrogen-bond donors (Lipinski definition) is 1. The summed E-state index contributed by atoms with van der Waals surface area (Å²) in [7, 11) is 0. The molecule has 3 nitrogen and oxygen atoms in total. The number of aliphatic hydroxyl groups excluding tert-OH is 1. The Morgan fingerprint density at radius 3 is 2.31 bits per heavy atom. The maximum Gasteiger partial charge on any atom is 0.310 e. The summed E-state index contributed by atoms with van der Waals surface area (Å²) in [6.45, 7) is 5.76. The fraction of sp³-hybridized carbons (Fsp3) is 0.462. The molecule has 0 saturated heterocycles. The van der Waals surface area contributed by atoms with Crippen molar-refractivity contribution in [3.8, 4) is 5.75 Å². The normalized spacial score (nSPS) is 11.2. The van der Waals surface area contributed by atoms with Gasteiger partial charge >= 0.3 is 5.97 Å². The molecule has 1 rings (SSSR count). The molecule has 0 radical (unpaired) electrons. The third-order valence-electron chi connectivity index (χ3n) is 2.55. The molecule has 0 amide bonds. The van der Waals surface area contributed by atoms with Gasteiger partial charge in [-0.25, -0.2) is 0 Å². The number of carbonyl (C=O) groups is 1. The third kappa shape index (κ3) is 3.07. The first kappa shape index (κ1) is 12.7. The van der Waals surface area contributed by atoms with Gasteiger partial charge in [0.2, 0.25) is 0 Å². The van der Waals surface area contributed by atoms with Crippen LogP contribution in [0.5, 0.6) is 5.75 Å². The minimum atomic E-state index is -0.271. The summed E-state index contributed by atoms with van der Waals surface area (Å²) in [5, 5.41) is 9.21. The predicted octanol–water partition coefficient (Wildman–Crippen LogP) is 2.27. The molecule has 0 spiro atoms. The molecule has 1 aromatic carbocycles. The van der Waals surface area contributed by atoms with Gasteiger partial charge in [0.25, 0.3) is 0 Å². The van der Waals surface area contributed by atoms with Crippen LogP contribution in [0.2, 0.25) is 0 Å². The summed E-state index contributed by atoms with van der Waals surface area (Å²) < 4.78 is 5.06. The second-order valence-corrected chi connectivity index (χ2v) is 4.39. The smallest absolute Gasteiger partial charge is 0.310 e. The SMILES string of the molecule is CCC(=O)Oc1ccc(C(C)(C)CO)cc1. The van der Waals surface area contributed by atoms with Crippen LogP contribution in [0.25, 0.3) is 0 Å². The van der Waals surface area contributed by atoms with Crippen molar-refractivity contribution in [1.82, 2.24) is 0 Å². The van der Waals surface area contributed by atoms with Crippen LogP contribution in [0, 0.1) is 0 Å². The van der Waals surface area contributed by atoms with Crippen molar-refractivity contribution < 1.29 is 14.6 Å². The van der Waals surface area contributed by atoms with Crippen LogP contribution in [0.1, 0.15) is 32.8 Å². The van der Waals surface area contributed by atoms with Crippen molar-refractivity contribution >= 4 is 5.97 Å². The van der Waals surface area contributed by atoms with Gasteiger partial charge in [-0.15, -0.1) is 0 Å². The Morgan fingerprint density at radius 2 is 1.88 bits per heavy atom. The molecule has 1 N–H and O–H groups in total. The van der Waals surface area contributed by atoms with Crippen LogP contribution in [-0.2, 0) is 10.2 Å². The van der Waals surface area contributed by atoms with E-state index in [2.05, 4.69) is 0 Å². The molecule has 0 aliphatic rings. The monoisotopic (exact) mass is 222 g/mol. The van der Waals surface area contributed by atoms with Crippen LogP contribution in [0.3, 0.4) is 0 Å². The van der Waals surface area contributed by atoms with Crippen LogP contribution < -0.4 is 4.74 Å². The van der Waals surface area contributed by atoms with Crippen LogP contribution in [-0.4, -0.2) is 17.7 Å². The zero-order valence-corrected chi connectivity index (χ0v) is 9.99. The van der Waals surface area contributed by atoms with Gasteiger partial charge in [-0.05, 0) is 17.7 Å². The molecular weight excluding hydrogens is 204 g/mol. The van der Waals surface area contributed by atoms with Crippen molar-refractivity contribution in [3.63, 3.8) is 0 Å². The number of esters is 1. The zero-order chi connectivity index (χ0) is 12.2. The first-order chi connectivity index (χ1) is 7.49. The molecule has 0 aliphatic carbocycles. The Hall–Kier alpha value is -1.35. The largest absolute Gasteiger partial charge is 0.427 e. The minimum Gasteiger partial charge on any atom is -0.427 e. The van der Waals surface area contributed by atoms with E-state index in [1.54, 1.807) is 19.1 Å². The minimum absolute atomic E-state index is 0.0844. The topological polar surface area (TPSA) is 46.5 Å². The highest BCUT2D eigenvalue weighted by Gasteiger charge is 2.19. The van der Waals surface area contributed by atoms with Crippen LogP contribution >= 0.6 is 0 Å². The fourth-order valence-corrected chi connectivity index (χ4v) is 1.27. The molecule has 16 heavy (non-hydrogen) atoms. The van der Waals surface area contributed by atoms with E-state index in [0.29, 0.717) is 12.2 Å². The molecule has 0 aliphatic heterocycles. The maximum atomic E-state index is 11.1. The van der Waals surface area contributed by atoms with E-state index in [1.165, 1.54) is 0 Å². The number of ether oxygens (including phenoxy) is 1. The van der Waals surface area contributed by atoms with Gasteiger partial charge in [-0.2, -0.15) is 0 Å². The van der Waals surface area contributed by atoms with E-state index in [0.717, 1.165) is 5.56 Å². The Kier molecular flexibility index (Phi) is 4.07. The van der Waals surface area contributed by atoms with Gasteiger partial charge in [0.1, 0.15) is 5.75 Å². The van der Waals surface area contributed by atoms with E-state index in [9.17, 15) is 9.90 Å². The Balaban J connectivity index is 2.79. The van der Waals surface area contributed by atoms with E-state index in [1.807, 2.05) is 26.0 Å². The summed E-state index contributed by atoms with van der Waals surface area (Å²) in [5.74, 6) is 0.304. The number of carbonyl (C=O) groups excluding carboxylic acids is 1. The van der Waals surface area contributed by atoms with Gasteiger partial charge in [0.15, 0.2) is 0 Å². The quantitative estimate of drug-likeness (QED) is 0.628. The first-order valence-corrected chi connectivity index (χ1v) is 5.41. The molecule has 0 saturated carbocycles. The van der Waals surface area contributed by atoms with E-state index < -0.39 is 0 Å². The molecule has 0 heterocycles. The molecular formula is C13H18O3. The molecule has 0 unspecified atom stereocenters. The molecule has 1 aromatic rings. The van der Waals surface area contributed by atoms with Gasteiger partial charge in [-0.3, -0.25) is 4.79 Å². The highest BCUT2D eigenvalue weighted by atomic mass is 16.5. The Bertz CT molecular complexity index is 352. The van der Waals surface area contributed by atoms with E-state index in [-0.39, 0.29) is 18.0 Å². The summed E-state index contributed by atoms with van der Waals surface area (Å²) >= 11 is 0. The Labute approximate surface area is 96.1 Å².